The van der Waals surface area contributed by atoms with Crippen LogP contribution in [0.5, 0.6) is 0 Å². The van der Waals surface area contributed by atoms with Crippen molar-refractivity contribution >= 4 is 17.4 Å². The second kappa shape index (κ2) is 6.05. The summed E-state index contributed by atoms with van der Waals surface area (Å²) >= 11 is 0. The van der Waals surface area contributed by atoms with Gasteiger partial charge in [-0.1, -0.05) is 17.7 Å². The van der Waals surface area contributed by atoms with E-state index in [0.717, 1.165) is 11.3 Å². The van der Waals surface area contributed by atoms with Crippen LogP contribution in [0.15, 0.2) is 24.3 Å². The minimum atomic E-state index is -0.0369. The summed E-state index contributed by atoms with van der Waals surface area (Å²) in [6.07, 6.45) is 1.49. The molecule has 16 heavy (non-hydrogen) atoms. The molecule has 3 heteroatoms. The van der Waals surface area contributed by atoms with E-state index in [1.165, 1.54) is 6.92 Å². The number of hydrogen-bond acceptors (Lipinski definition) is 2. The van der Waals surface area contributed by atoms with Crippen molar-refractivity contribution in [2.75, 3.05) is 5.32 Å². The molecule has 86 valence electrons. The van der Waals surface area contributed by atoms with Gasteiger partial charge in [0.25, 0.3) is 0 Å². The van der Waals surface area contributed by atoms with Crippen LogP contribution in [0.2, 0.25) is 0 Å². The van der Waals surface area contributed by atoms with Gasteiger partial charge in [-0.25, -0.2) is 0 Å². The van der Waals surface area contributed by atoms with Crippen molar-refractivity contribution in [1.82, 2.24) is 0 Å². The molecular formula is C13H17NO2. The average Bonchev–Trinajstić information content (AvgIpc) is 2.21. The highest BCUT2D eigenvalue weighted by Gasteiger charge is 2.02. The van der Waals surface area contributed by atoms with E-state index in [9.17, 15) is 9.59 Å². The molecule has 0 radical (unpaired) electrons. The van der Waals surface area contributed by atoms with Crippen LogP contribution in [-0.4, -0.2) is 11.7 Å². The van der Waals surface area contributed by atoms with Gasteiger partial charge in [0.15, 0.2) is 0 Å². The zero-order valence-electron chi connectivity index (χ0n) is 9.75. The molecule has 1 N–H and O–H groups in total. The molecule has 0 atom stereocenters. The molecule has 0 saturated carbocycles. The number of carbonyl (C=O) groups is 2. The van der Waals surface area contributed by atoms with Crippen LogP contribution in [0, 0.1) is 6.92 Å². The fourth-order valence-electron chi connectivity index (χ4n) is 1.36. The van der Waals surface area contributed by atoms with Crippen molar-refractivity contribution < 1.29 is 9.59 Å². The first kappa shape index (κ1) is 12.4. The number of aryl methyl sites for hydroxylation is 1. The molecule has 0 heterocycles. The van der Waals surface area contributed by atoms with Gasteiger partial charge in [0.2, 0.25) is 5.91 Å². The molecule has 0 aliphatic rings. The summed E-state index contributed by atoms with van der Waals surface area (Å²) in [5.41, 5.74) is 1.97. The lowest BCUT2D eigenvalue weighted by atomic mass is 10.2. The van der Waals surface area contributed by atoms with Gasteiger partial charge in [0.1, 0.15) is 5.78 Å². The van der Waals surface area contributed by atoms with Crippen LogP contribution in [0.1, 0.15) is 31.7 Å². The highest BCUT2D eigenvalue weighted by Crippen LogP contribution is 2.09. The lowest BCUT2D eigenvalue weighted by molar-refractivity contribution is -0.117. The van der Waals surface area contributed by atoms with Gasteiger partial charge in [-0.05, 0) is 32.4 Å². The number of rotatable bonds is 5. The van der Waals surface area contributed by atoms with Crippen LogP contribution in [-0.2, 0) is 9.59 Å². The fraction of sp³-hybridized carbons (Fsp3) is 0.385. The number of amides is 1. The van der Waals surface area contributed by atoms with Crippen molar-refractivity contribution in [3.8, 4) is 0 Å². The molecule has 1 aromatic rings. The van der Waals surface area contributed by atoms with Gasteiger partial charge in [0.05, 0.1) is 0 Å². The van der Waals surface area contributed by atoms with Gasteiger partial charge >= 0.3 is 0 Å². The predicted octanol–water partition coefficient (Wildman–Crippen LogP) is 2.69. The molecule has 1 rings (SSSR count). The molecule has 0 fully saturated rings. The Morgan fingerprint density at radius 2 is 1.75 bits per heavy atom. The molecule has 1 amide bonds. The number of carbonyl (C=O) groups excluding carboxylic acids is 2. The molecule has 0 spiro atoms. The summed E-state index contributed by atoms with van der Waals surface area (Å²) in [6, 6.07) is 7.65. The average molecular weight is 219 g/mol. The zero-order chi connectivity index (χ0) is 12.0. The molecule has 0 bridgehead atoms. The van der Waals surface area contributed by atoms with E-state index >= 15 is 0 Å². The first-order valence-electron chi connectivity index (χ1n) is 5.44. The zero-order valence-corrected chi connectivity index (χ0v) is 9.75. The summed E-state index contributed by atoms with van der Waals surface area (Å²) in [6.45, 7) is 3.54. The number of anilines is 1. The van der Waals surface area contributed by atoms with Crippen LogP contribution in [0.4, 0.5) is 5.69 Å². The molecule has 0 aliphatic carbocycles. The molecule has 0 saturated heterocycles. The van der Waals surface area contributed by atoms with Crippen molar-refractivity contribution in [1.29, 1.82) is 0 Å². The van der Waals surface area contributed by atoms with Crippen molar-refractivity contribution in [3.63, 3.8) is 0 Å². The maximum atomic E-state index is 11.5. The molecule has 3 nitrogen and oxygen atoms in total. The standard InChI is InChI=1S/C13H17NO2/c1-10-6-8-12(9-7-10)14-13(16)5-3-4-11(2)15/h6-9H,3-5H2,1-2H3,(H,14,16). The van der Waals surface area contributed by atoms with Crippen LogP contribution in [0.3, 0.4) is 0 Å². The molecule has 0 unspecified atom stereocenters. The summed E-state index contributed by atoms with van der Waals surface area (Å²) in [5, 5.41) is 2.79. The normalized spacial score (nSPS) is 9.88. The molecule has 0 aromatic heterocycles. The third kappa shape index (κ3) is 4.73. The van der Waals surface area contributed by atoms with E-state index in [-0.39, 0.29) is 11.7 Å². The topological polar surface area (TPSA) is 46.2 Å². The first-order valence-corrected chi connectivity index (χ1v) is 5.44. The highest BCUT2D eigenvalue weighted by atomic mass is 16.1. The Kier molecular flexibility index (Phi) is 4.70. The number of ketones is 1. The summed E-state index contributed by atoms with van der Waals surface area (Å²) in [4.78, 5) is 22.1. The third-order valence-electron chi connectivity index (χ3n) is 2.27. The first-order chi connectivity index (χ1) is 7.58. The van der Waals surface area contributed by atoms with Crippen molar-refractivity contribution in [2.45, 2.75) is 33.1 Å². The van der Waals surface area contributed by atoms with Gasteiger partial charge in [0, 0.05) is 18.5 Å². The highest BCUT2D eigenvalue weighted by molar-refractivity contribution is 5.90. The van der Waals surface area contributed by atoms with E-state index in [1.807, 2.05) is 31.2 Å². The smallest absolute Gasteiger partial charge is 0.224 e. The summed E-state index contributed by atoms with van der Waals surface area (Å²) in [5.74, 6) is 0.0910. The second-order valence-electron chi connectivity index (χ2n) is 3.97. The number of Topliss-reactive ketones (excluding diaryl/α,β-unsaturated/α-hetero) is 1. The quantitative estimate of drug-likeness (QED) is 0.827. The van der Waals surface area contributed by atoms with Crippen molar-refractivity contribution in [3.05, 3.63) is 29.8 Å². The predicted molar refractivity (Wildman–Crippen MR) is 64.3 cm³/mol. The van der Waals surface area contributed by atoms with Crippen LogP contribution in [0.25, 0.3) is 0 Å². The lowest BCUT2D eigenvalue weighted by Gasteiger charge is -2.04. The summed E-state index contributed by atoms with van der Waals surface area (Å²) in [7, 11) is 0. The largest absolute Gasteiger partial charge is 0.326 e. The monoisotopic (exact) mass is 219 g/mol. The van der Waals surface area contributed by atoms with Gasteiger partial charge in [-0.15, -0.1) is 0 Å². The number of nitrogens with one attached hydrogen (secondary N) is 1. The van der Waals surface area contributed by atoms with Crippen molar-refractivity contribution in [2.24, 2.45) is 0 Å². The minimum Gasteiger partial charge on any atom is -0.326 e. The van der Waals surface area contributed by atoms with E-state index < -0.39 is 0 Å². The molecule has 1 aromatic carbocycles. The van der Waals surface area contributed by atoms with Crippen LogP contribution < -0.4 is 5.32 Å². The Balaban J connectivity index is 2.34. The van der Waals surface area contributed by atoms with Gasteiger partial charge in [-0.3, -0.25) is 4.79 Å². The molecule has 0 aliphatic heterocycles. The Labute approximate surface area is 95.9 Å². The number of hydrogen-bond donors (Lipinski definition) is 1. The Hall–Kier alpha value is -1.64. The SMILES string of the molecule is CC(=O)CCCC(=O)Nc1ccc(C)cc1. The van der Waals surface area contributed by atoms with E-state index in [2.05, 4.69) is 5.32 Å². The Morgan fingerprint density at radius 1 is 1.12 bits per heavy atom. The third-order valence-corrected chi connectivity index (χ3v) is 2.27. The van der Waals surface area contributed by atoms with Gasteiger partial charge < -0.3 is 10.1 Å². The Bertz CT molecular complexity index is 368. The van der Waals surface area contributed by atoms with Gasteiger partial charge in [-0.2, -0.15) is 0 Å². The number of benzene rings is 1. The van der Waals surface area contributed by atoms with E-state index in [4.69, 9.17) is 0 Å². The van der Waals surface area contributed by atoms with E-state index in [0.29, 0.717) is 19.3 Å². The second-order valence-corrected chi connectivity index (χ2v) is 3.97. The Morgan fingerprint density at radius 3 is 2.31 bits per heavy atom. The maximum Gasteiger partial charge on any atom is 0.224 e. The maximum absolute atomic E-state index is 11.5. The molecular weight excluding hydrogens is 202 g/mol. The summed E-state index contributed by atoms with van der Waals surface area (Å²) < 4.78 is 0. The van der Waals surface area contributed by atoms with E-state index in [1.54, 1.807) is 0 Å². The van der Waals surface area contributed by atoms with Crippen LogP contribution >= 0.6 is 0 Å². The fourth-order valence-corrected chi connectivity index (χ4v) is 1.36. The lowest BCUT2D eigenvalue weighted by Crippen LogP contribution is -2.11. The minimum absolute atomic E-state index is 0.0369.